The van der Waals surface area contributed by atoms with Crippen molar-refractivity contribution in [1.82, 2.24) is 9.97 Å². The molecular weight excluding hydrogens is 523 g/mol. The zero-order chi connectivity index (χ0) is 27.0. The third kappa shape index (κ3) is 8.83. The fourth-order valence-corrected chi connectivity index (χ4v) is 3.28. The average Bonchev–Trinajstić information content (AvgIpc) is 2.83. The van der Waals surface area contributed by atoms with Crippen LogP contribution in [0.15, 0.2) is 79.6 Å². The second kappa shape index (κ2) is 12.3. The Labute approximate surface area is 217 Å². The second-order valence-electron chi connectivity index (χ2n) is 7.57. The number of carbonyl (C=O) groups excluding carboxylic acids is 1. The summed E-state index contributed by atoms with van der Waals surface area (Å²) >= 11 is 6.38. The number of benzene rings is 3. The van der Waals surface area contributed by atoms with Crippen molar-refractivity contribution in [3.8, 4) is 5.75 Å². The summed E-state index contributed by atoms with van der Waals surface area (Å²) in [5, 5.41) is 7.05. The van der Waals surface area contributed by atoms with Crippen LogP contribution in [0.2, 0.25) is 5.02 Å². The minimum absolute atomic E-state index is 0.194. The molecule has 1 aromatic heterocycles. The van der Waals surface area contributed by atoms with Crippen LogP contribution in [0.5, 0.6) is 5.75 Å². The van der Waals surface area contributed by atoms with Crippen molar-refractivity contribution in [2.45, 2.75) is 6.61 Å². The Hall–Kier alpha value is -4.06. The van der Waals surface area contributed by atoms with Crippen molar-refractivity contribution in [3.63, 3.8) is 0 Å². The van der Waals surface area contributed by atoms with Crippen LogP contribution in [0.4, 0.5) is 21.6 Å². The number of aromatic nitrogens is 2. The number of hydrogen-bond donors (Lipinski definition) is 3. The van der Waals surface area contributed by atoms with Gasteiger partial charge in [-0.3, -0.25) is 9.35 Å². The van der Waals surface area contributed by atoms with Crippen LogP contribution >= 0.6 is 11.6 Å². The zero-order valence-electron chi connectivity index (χ0n) is 19.5. The van der Waals surface area contributed by atoms with Gasteiger partial charge in [-0.05, 0) is 60.2 Å². The predicted octanol–water partition coefficient (Wildman–Crippen LogP) is 5.37. The summed E-state index contributed by atoms with van der Waals surface area (Å²) in [5.41, 5.74) is 2.70. The van der Waals surface area contributed by atoms with Gasteiger partial charge in [-0.25, -0.2) is 14.4 Å². The lowest BCUT2D eigenvalue weighted by Gasteiger charge is -2.12. The topological polar surface area (TPSA) is 131 Å². The smallest absolute Gasteiger partial charge is 0.261 e. The van der Waals surface area contributed by atoms with E-state index in [9.17, 15) is 17.6 Å². The molecule has 0 unspecified atom stereocenters. The second-order valence-corrected chi connectivity index (χ2v) is 9.44. The Kier molecular flexibility index (Phi) is 9.12. The fraction of sp³-hybridized carbons (Fsp3) is 0.0800. The Bertz CT molecular complexity index is 1540. The molecule has 0 radical (unpaired) electrons. The summed E-state index contributed by atoms with van der Waals surface area (Å²) in [6, 6.07) is 16.7. The first-order valence-corrected chi connectivity index (χ1v) is 12.8. The number of ether oxygens (including phenoxy) is 1. The van der Waals surface area contributed by atoms with Gasteiger partial charge < -0.3 is 15.4 Å². The van der Waals surface area contributed by atoms with Gasteiger partial charge in [0.15, 0.2) is 0 Å². The molecule has 4 aromatic rings. The molecule has 12 heteroatoms. The van der Waals surface area contributed by atoms with E-state index in [1.807, 2.05) is 0 Å². The van der Waals surface area contributed by atoms with Crippen molar-refractivity contribution in [2.75, 3.05) is 16.9 Å². The number of anilines is 3. The summed E-state index contributed by atoms with van der Waals surface area (Å²) in [4.78, 5) is 20.2. The van der Waals surface area contributed by atoms with E-state index in [2.05, 4.69) is 27.2 Å². The molecule has 37 heavy (non-hydrogen) atoms. The maximum Gasteiger partial charge on any atom is 0.261 e. The van der Waals surface area contributed by atoms with Gasteiger partial charge in [-0.15, -0.1) is 0 Å². The molecule has 3 aromatic carbocycles. The van der Waals surface area contributed by atoms with Gasteiger partial charge in [0.2, 0.25) is 5.91 Å². The zero-order valence-corrected chi connectivity index (χ0v) is 21.1. The molecule has 0 atom stereocenters. The first-order chi connectivity index (χ1) is 17.5. The number of carbonyl (C=O) groups is 1. The van der Waals surface area contributed by atoms with Crippen LogP contribution in [0.3, 0.4) is 0 Å². The SMILES string of the molecule is C=CC(=O)Nc1ccc2ncnc(Nc3ccc(OCc4cccc(F)c4)c(Cl)c3)c2c1.CS(=O)(=O)O. The standard InChI is InChI=1S/C24H18ClFN4O2.CH4O3S/c1-2-23(31)29-17-6-8-21-19(11-17)24(28-14-27-21)30-18-7-9-22(20(25)12-18)32-13-15-4-3-5-16(26)10-15;1-5(2,3)4/h2-12,14H,1,13H2,(H,29,31)(H,27,28,30);1H3,(H,2,3,4). The molecule has 0 aliphatic heterocycles. The summed E-state index contributed by atoms with van der Waals surface area (Å²) in [6.07, 6.45) is 3.36. The van der Waals surface area contributed by atoms with E-state index in [1.54, 1.807) is 48.5 Å². The lowest BCUT2D eigenvalue weighted by molar-refractivity contribution is -0.111. The van der Waals surface area contributed by atoms with E-state index in [0.29, 0.717) is 45.3 Å². The van der Waals surface area contributed by atoms with Crippen LogP contribution in [0, 0.1) is 5.82 Å². The molecule has 1 amide bonds. The molecule has 1 heterocycles. The monoisotopic (exact) mass is 544 g/mol. The lowest BCUT2D eigenvalue weighted by atomic mass is 10.2. The molecule has 0 spiro atoms. The number of rotatable bonds is 7. The highest BCUT2D eigenvalue weighted by Crippen LogP contribution is 2.31. The lowest BCUT2D eigenvalue weighted by Crippen LogP contribution is -2.07. The van der Waals surface area contributed by atoms with Gasteiger partial charge in [-0.2, -0.15) is 8.42 Å². The van der Waals surface area contributed by atoms with E-state index in [1.165, 1.54) is 24.5 Å². The van der Waals surface area contributed by atoms with E-state index in [-0.39, 0.29) is 18.3 Å². The summed E-state index contributed by atoms with van der Waals surface area (Å²) in [5.74, 6) is 0.398. The maximum atomic E-state index is 13.3. The van der Waals surface area contributed by atoms with Crippen molar-refractivity contribution in [1.29, 1.82) is 0 Å². The first-order valence-electron chi connectivity index (χ1n) is 10.6. The van der Waals surface area contributed by atoms with Gasteiger partial charge in [0.25, 0.3) is 10.1 Å². The normalized spacial score (nSPS) is 10.7. The highest BCUT2D eigenvalue weighted by atomic mass is 35.5. The Morgan fingerprint density at radius 1 is 1.14 bits per heavy atom. The number of fused-ring (bicyclic) bond motifs is 1. The molecule has 192 valence electrons. The highest BCUT2D eigenvalue weighted by molar-refractivity contribution is 7.85. The summed E-state index contributed by atoms with van der Waals surface area (Å²) in [7, 11) is -3.67. The Morgan fingerprint density at radius 3 is 2.54 bits per heavy atom. The minimum Gasteiger partial charge on any atom is -0.487 e. The van der Waals surface area contributed by atoms with Gasteiger partial charge >= 0.3 is 0 Å². The Balaban J connectivity index is 0.000000695. The third-order valence-corrected chi connectivity index (χ3v) is 4.86. The Morgan fingerprint density at radius 2 is 1.86 bits per heavy atom. The maximum absolute atomic E-state index is 13.3. The van der Waals surface area contributed by atoms with Crippen LogP contribution in [0.25, 0.3) is 10.9 Å². The molecule has 0 saturated heterocycles. The number of hydrogen-bond acceptors (Lipinski definition) is 7. The fourth-order valence-electron chi connectivity index (χ4n) is 3.05. The molecule has 0 aliphatic rings. The van der Waals surface area contributed by atoms with Crippen LogP contribution in [0.1, 0.15) is 5.56 Å². The molecule has 4 rings (SSSR count). The van der Waals surface area contributed by atoms with Crippen molar-refractivity contribution >= 4 is 55.7 Å². The van der Waals surface area contributed by atoms with Gasteiger partial charge in [0, 0.05) is 16.8 Å². The first kappa shape index (κ1) is 27.5. The van der Waals surface area contributed by atoms with Gasteiger partial charge in [0.1, 0.15) is 30.3 Å². The number of halogens is 2. The van der Waals surface area contributed by atoms with E-state index >= 15 is 0 Å². The molecular formula is C25H22ClFN4O5S. The molecule has 0 saturated carbocycles. The van der Waals surface area contributed by atoms with Gasteiger partial charge in [-0.1, -0.05) is 30.3 Å². The van der Waals surface area contributed by atoms with Crippen molar-refractivity contribution in [3.05, 3.63) is 96.0 Å². The molecule has 0 aliphatic carbocycles. The summed E-state index contributed by atoms with van der Waals surface area (Å²) < 4.78 is 44.9. The largest absolute Gasteiger partial charge is 0.487 e. The molecule has 0 bridgehead atoms. The van der Waals surface area contributed by atoms with Gasteiger partial charge in [0.05, 0.1) is 16.8 Å². The van der Waals surface area contributed by atoms with E-state index < -0.39 is 10.1 Å². The third-order valence-electron chi connectivity index (χ3n) is 4.57. The number of nitrogens with zero attached hydrogens (tertiary/aromatic N) is 2. The average molecular weight is 545 g/mol. The van der Waals surface area contributed by atoms with Crippen LogP contribution < -0.4 is 15.4 Å². The van der Waals surface area contributed by atoms with Crippen LogP contribution in [-0.2, 0) is 21.5 Å². The molecule has 9 nitrogen and oxygen atoms in total. The highest BCUT2D eigenvalue weighted by Gasteiger charge is 2.09. The molecule has 3 N–H and O–H groups in total. The van der Waals surface area contributed by atoms with E-state index in [4.69, 9.17) is 20.9 Å². The van der Waals surface area contributed by atoms with Crippen LogP contribution in [-0.4, -0.2) is 35.1 Å². The van der Waals surface area contributed by atoms with Crippen molar-refractivity contribution in [2.24, 2.45) is 0 Å². The number of nitrogens with one attached hydrogen (secondary N) is 2. The molecule has 0 fully saturated rings. The quantitative estimate of drug-likeness (QED) is 0.209. The predicted molar refractivity (Wildman–Crippen MR) is 141 cm³/mol. The van der Waals surface area contributed by atoms with Crippen molar-refractivity contribution < 1.29 is 26.9 Å². The van der Waals surface area contributed by atoms with E-state index in [0.717, 1.165) is 5.39 Å². The number of amides is 1. The minimum atomic E-state index is -3.67. The summed E-state index contributed by atoms with van der Waals surface area (Å²) in [6.45, 7) is 3.65.